The molecule has 0 aliphatic rings. The molecule has 0 unspecified atom stereocenters. The zero-order valence-electron chi connectivity index (χ0n) is 7.82. The van der Waals surface area contributed by atoms with Crippen molar-refractivity contribution < 1.29 is 13.5 Å². The van der Waals surface area contributed by atoms with Crippen molar-refractivity contribution in [3.63, 3.8) is 0 Å². The van der Waals surface area contributed by atoms with Crippen LogP contribution in [0.2, 0.25) is 5.02 Å². The van der Waals surface area contributed by atoms with Gasteiger partial charge in [0.05, 0.1) is 5.02 Å². The van der Waals surface area contributed by atoms with Gasteiger partial charge in [-0.15, -0.1) is 0 Å². The molecule has 0 radical (unpaired) electrons. The van der Waals surface area contributed by atoms with E-state index in [4.69, 9.17) is 16.3 Å². The zero-order valence-corrected chi connectivity index (χ0v) is 8.58. The zero-order chi connectivity index (χ0) is 11.5. The second-order valence-corrected chi connectivity index (χ2v) is 3.22. The molecule has 6 heteroatoms. The molecule has 0 aliphatic carbocycles. The van der Waals surface area contributed by atoms with Crippen LogP contribution in [0.4, 0.5) is 8.78 Å². The van der Waals surface area contributed by atoms with E-state index in [9.17, 15) is 8.78 Å². The minimum Gasteiger partial charge on any atom is -0.435 e. The van der Waals surface area contributed by atoms with Gasteiger partial charge < -0.3 is 4.74 Å². The molecular formula is C10H5ClF2N2O. The first-order valence-corrected chi connectivity index (χ1v) is 4.64. The molecule has 0 aliphatic heterocycles. The number of nitrogens with zero attached hydrogens (tertiary/aromatic N) is 2. The Morgan fingerprint density at radius 3 is 2.62 bits per heavy atom. The lowest BCUT2D eigenvalue weighted by Gasteiger charge is -2.06. The van der Waals surface area contributed by atoms with E-state index in [0.29, 0.717) is 0 Å². The maximum Gasteiger partial charge on any atom is 0.262 e. The first-order chi connectivity index (χ1) is 7.68. The number of benzene rings is 1. The smallest absolute Gasteiger partial charge is 0.262 e. The number of hydrogen-bond donors (Lipinski definition) is 0. The van der Waals surface area contributed by atoms with Gasteiger partial charge in [0.25, 0.3) is 11.8 Å². The average molecular weight is 243 g/mol. The van der Waals surface area contributed by atoms with Gasteiger partial charge in [0.2, 0.25) is 5.82 Å². The molecule has 0 bridgehead atoms. The van der Waals surface area contributed by atoms with E-state index >= 15 is 0 Å². The molecule has 16 heavy (non-hydrogen) atoms. The van der Waals surface area contributed by atoms with Crippen molar-refractivity contribution in [3.05, 3.63) is 47.4 Å². The third-order valence-corrected chi connectivity index (χ3v) is 2.07. The number of aromatic nitrogens is 2. The van der Waals surface area contributed by atoms with E-state index in [-0.39, 0.29) is 10.8 Å². The Morgan fingerprint density at radius 2 is 1.88 bits per heavy atom. The number of halogens is 3. The molecule has 1 aromatic heterocycles. The van der Waals surface area contributed by atoms with Crippen LogP contribution in [0, 0.1) is 11.8 Å². The van der Waals surface area contributed by atoms with Crippen LogP contribution >= 0.6 is 11.6 Å². The Kier molecular flexibility index (Phi) is 2.96. The van der Waals surface area contributed by atoms with Crippen molar-refractivity contribution in [1.29, 1.82) is 0 Å². The van der Waals surface area contributed by atoms with Crippen molar-refractivity contribution in [2.75, 3.05) is 0 Å². The minimum absolute atomic E-state index is 0.196. The van der Waals surface area contributed by atoms with Crippen LogP contribution in [0.3, 0.4) is 0 Å². The maximum absolute atomic E-state index is 13.2. The molecule has 1 heterocycles. The summed E-state index contributed by atoms with van der Waals surface area (Å²) < 4.78 is 30.9. The van der Waals surface area contributed by atoms with E-state index in [1.54, 1.807) is 18.2 Å². The first kappa shape index (κ1) is 10.8. The fourth-order valence-corrected chi connectivity index (χ4v) is 1.21. The Hall–Kier alpha value is -1.75. The summed E-state index contributed by atoms with van der Waals surface area (Å²) in [6.45, 7) is 0. The number of ether oxygens (including phenoxy) is 1. The van der Waals surface area contributed by atoms with Gasteiger partial charge in [0, 0.05) is 0 Å². The molecule has 2 rings (SSSR count). The lowest BCUT2D eigenvalue weighted by Crippen LogP contribution is -1.97. The Morgan fingerprint density at radius 1 is 1.12 bits per heavy atom. The predicted molar refractivity (Wildman–Crippen MR) is 53.5 cm³/mol. The Labute approximate surface area is 94.7 Å². The molecule has 0 saturated carbocycles. The number of hydrogen-bond acceptors (Lipinski definition) is 3. The van der Waals surface area contributed by atoms with Crippen molar-refractivity contribution in [3.8, 4) is 11.6 Å². The number of para-hydroxylation sites is 1. The highest BCUT2D eigenvalue weighted by molar-refractivity contribution is 6.32. The fraction of sp³-hybridized carbons (Fsp3) is 0. The van der Waals surface area contributed by atoms with E-state index in [1.807, 2.05) is 0 Å². The summed E-state index contributed by atoms with van der Waals surface area (Å²) in [7, 11) is 0. The summed E-state index contributed by atoms with van der Waals surface area (Å²) in [5.74, 6) is -2.82. The standard InChI is InChI=1S/C10H5ClF2N2O/c11-6-3-1-2-4-7(6)16-10-8(12)9(13)14-5-15-10/h1-5H. The fourth-order valence-electron chi connectivity index (χ4n) is 1.04. The van der Waals surface area contributed by atoms with E-state index in [1.165, 1.54) is 6.07 Å². The summed E-state index contributed by atoms with van der Waals surface area (Å²) in [4.78, 5) is 6.51. The van der Waals surface area contributed by atoms with Gasteiger partial charge in [0.1, 0.15) is 12.1 Å². The molecular weight excluding hydrogens is 238 g/mol. The molecule has 1 aromatic carbocycles. The Balaban J connectivity index is 2.35. The highest BCUT2D eigenvalue weighted by Crippen LogP contribution is 2.28. The highest BCUT2D eigenvalue weighted by Gasteiger charge is 2.13. The molecule has 2 aromatic rings. The van der Waals surface area contributed by atoms with Crippen LogP contribution in [0.1, 0.15) is 0 Å². The van der Waals surface area contributed by atoms with E-state index < -0.39 is 17.6 Å². The summed E-state index contributed by atoms with van der Waals surface area (Å²) >= 11 is 5.78. The van der Waals surface area contributed by atoms with E-state index in [2.05, 4.69) is 9.97 Å². The van der Waals surface area contributed by atoms with Gasteiger partial charge >= 0.3 is 0 Å². The molecule has 0 fully saturated rings. The minimum atomic E-state index is -1.27. The quantitative estimate of drug-likeness (QED) is 0.759. The molecule has 82 valence electrons. The third kappa shape index (κ3) is 2.09. The van der Waals surface area contributed by atoms with Crippen molar-refractivity contribution in [2.24, 2.45) is 0 Å². The SMILES string of the molecule is Fc1ncnc(Oc2ccccc2Cl)c1F. The van der Waals surface area contributed by atoms with Crippen molar-refractivity contribution in [2.45, 2.75) is 0 Å². The Bertz CT molecular complexity index is 522. The lowest BCUT2D eigenvalue weighted by atomic mass is 10.3. The summed E-state index contributed by atoms with van der Waals surface area (Å²) in [5, 5.41) is 0.279. The third-order valence-electron chi connectivity index (χ3n) is 1.76. The maximum atomic E-state index is 13.2. The van der Waals surface area contributed by atoms with Crippen LogP contribution < -0.4 is 4.74 Å². The summed E-state index contributed by atoms with van der Waals surface area (Å²) in [6.07, 6.45) is 0.866. The summed E-state index contributed by atoms with van der Waals surface area (Å²) in [6, 6.07) is 6.41. The van der Waals surface area contributed by atoms with Gasteiger partial charge in [-0.3, -0.25) is 0 Å². The van der Waals surface area contributed by atoms with Gasteiger partial charge in [-0.1, -0.05) is 23.7 Å². The molecule has 0 atom stereocenters. The van der Waals surface area contributed by atoms with Crippen LogP contribution in [-0.4, -0.2) is 9.97 Å². The normalized spacial score (nSPS) is 10.2. The second-order valence-electron chi connectivity index (χ2n) is 2.82. The predicted octanol–water partition coefficient (Wildman–Crippen LogP) is 3.20. The van der Waals surface area contributed by atoms with Gasteiger partial charge in [-0.05, 0) is 12.1 Å². The molecule has 0 saturated heterocycles. The lowest BCUT2D eigenvalue weighted by molar-refractivity contribution is 0.386. The second kappa shape index (κ2) is 4.40. The molecule has 0 spiro atoms. The highest BCUT2D eigenvalue weighted by atomic mass is 35.5. The van der Waals surface area contributed by atoms with Crippen LogP contribution in [-0.2, 0) is 0 Å². The topological polar surface area (TPSA) is 35.0 Å². The van der Waals surface area contributed by atoms with Crippen LogP contribution in [0.5, 0.6) is 11.6 Å². The van der Waals surface area contributed by atoms with Crippen molar-refractivity contribution in [1.82, 2.24) is 9.97 Å². The van der Waals surface area contributed by atoms with Gasteiger partial charge in [0.15, 0.2) is 0 Å². The average Bonchev–Trinajstić information content (AvgIpc) is 2.28. The van der Waals surface area contributed by atoms with Crippen molar-refractivity contribution >= 4 is 11.6 Å². The van der Waals surface area contributed by atoms with Gasteiger partial charge in [-0.25, -0.2) is 4.98 Å². The van der Waals surface area contributed by atoms with Crippen LogP contribution in [0.25, 0.3) is 0 Å². The monoisotopic (exact) mass is 242 g/mol. The van der Waals surface area contributed by atoms with Gasteiger partial charge in [-0.2, -0.15) is 13.8 Å². The number of rotatable bonds is 2. The largest absolute Gasteiger partial charge is 0.435 e. The molecule has 0 amide bonds. The van der Waals surface area contributed by atoms with Crippen LogP contribution in [0.15, 0.2) is 30.6 Å². The molecule has 3 nitrogen and oxygen atoms in total. The summed E-state index contributed by atoms with van der Waals surface area (Å²) in [5.41, 5.74) is 0. The molecule has 0 N–H and O–H groups in total. The first-order valence-electron chi connectivity index (χ1n) is 4.27. The van der Waals surface area contributed by atoms with E-state index in [0.717, 1.165) is 6.33 Å².